The number of methoxy groups -OCH3 is 1. The standard InChI is InChI=1S/C19H24NO6/c1-20(2)6-4-11-8-15-17(26-10-25-15)18(23-3)16(11)13(20)9-14(21)12-5-7-24-19(12)22/h8,12-13H,4-7,9-10H2,1-3H3/q+1/t12-,13-/m1/s1. The molecule has 3 heterocycles. The Bertz CT molecular complexity index is 772. The van der Waals surface area contributed by atoms with Crippen LogP contribution in [0.3, 0.4) is 0 Å². The summed E-state index contributed by atoms with van der Waals surface area (Å²) in [5.41, 5.74) is 2.11. The number of carbonyl (C=O) groups is 2. The monoisotopic (exact) mass is 362 g/mol. The van der Waals surface area contributed by atoms with Gasteiger partial charge in [0.25, 0.3) is 0 Å². The average molecular weight is 362 g/mol. The number of nitrogens with zero attached hydrogens (tertiary/aromatic N) is 1. The summed E-state index contributed by atoms with van der Waals surface area (Å²) in [6.07, 6.45) is 1.62. The Morgan fingerprint density at radius 1 is 1.31 bits per heavy atom. The Kier molecular flexibility index (Phi) is 4.06. The Balaban J connectivity index is 1.75. The Morgan fingerprint density at radius 3 is 2.81 bits per heavy atom. The number of carbonyl (C=O) groups excluding carboxylic acids is 2. The zero-order chi connectivity index (χ0) is 18.5. The molecule has 0 saturated carbocycles. The fourth-order valence-corrected chi connectivity index (χ4v) is 4.24. The van der Waals surface area contributed by atoms with E-state index in [0.29, 0.717) is 34.8 Å². The molecule has 2 atom stereocenters. The maximum atomic E-state index is 12.8. The SMILES string of the molecule is COc1c2c(cc3c1[C@@H](CC(=O)[C@H]1CCOC1=O)[N+](C)(C)CC3)OCO2. The van der Waals surface area contributed by atoms with Gasteiger partial charge in [-0.1, -0.05) is 0 Å². The minimum Gasteiger partial charge on any atom is -0.492 e. The second kappa shape index (κ2) is 6.16. The Hall–Kier alpha value is -2.28. The fraction of sp³-hybridized carbons (Fsp3) is 0.579. The highest BCUT2D eigenvalue weighted by atomic mass is 16.7. The predicted octanol–water partition coefficient (Wildman–Crippen LogP) is 1.62. The zero-order valence-electron chi connectivity index (χ0n) is 15.4. The van der Waals surface area contributed by atoms with Crippen LogP contribution in [-0.2, 0) is 20.7 Å². The van der Waals surface area contributed by atoms with Gasteiger partial charge in [-0.3, -0.25) is 9.59 Å². The molecule has 26 heavy (non-hydrogen) atoms. The third-order valence-electron chi connectivity index (χ3n) is 5.80. The van der Waals surface area contributed by atoms with E-state index < -0.39 is 11.9 Å². The van der Waals surface area contributed by atoms with Crippen molar-refractivity contribution in [1.82, 2.24) is 0 Å². The van der Waals surface area contributed by atoms with Gasteiger partial charge in [0.2, 0.25) is 12.5 Å². The average Bonchev–Trinajstić information content (AvgIpc) is 3.24. The summed E-state index contributed by atoms with van der Waals surface area (Å²) < 4.78 is 22.5. The highest BCUT2D eigenvalue weighted by Crippen LogP contribution is 2.51. The number of cyclic esters (lactones) is 1. The van der Waals surface area contributed by atoms with Crippen LogP contribution in [0.4, 0.5) is 0 Å². The summed E-state index contributed by atoms with van der Waals surface area (Å²) in [4.78, 5) is 24.7. The first kappa shape index (κ1) is 17.1. The molecule has 0 spiro atoms. The second-order valence-electron chi connectivity index (χ2n) is 7.66. The van der Waals surface area contributed by atoms with Crippen LogP contribution in [0, 0.1) is 5.92 Å². The number of rotatable bonds is 4. The van der Waals surface area contributed by atoms with Crippen molar-refractivity contribution in [2.45, 2.75) is 25.3 Å². The minimum atomic E-state index is -0.639. The van der Waals surface area contributed by atoms with Gasteiger partial charge in [0.05, 0.1) is 46.3 Å². The largest absolute Gasteiger partial charge is 0.492 e. The molecule has 1 aromatic carbocycles. The molecule has 3 aliphatic rings. The van der Waals surface area contributed by atoms with Crippen molar-refractivity contribution < 1.29 is 33.0 Å². The molecule has 140 valence electrons. The summed E-state index contributed by atoms with van der Waals surface area (Å²) >= 11 is 0. The van der Waals surface area contributed by atoms with Gasteiger partial charge in [0.15, 0.2) is 17.3 Å². The molecule has 0 aliphatic carbocycles. The summed E-state index contributed by atoms with van der Waals surface area (Å²) in [6, 6.07) is 1.89. The first-order valence-electron chi connectivity index (χ1n) is 8.93. The fourth-order valence-electron chi connectivity index (χ4n) is 4.24. The molecule has 0 aromatic heterocycles. The van der Waals surface area contributed by atoms with Gasteiger partial charge in [-0.25, -0.2) is 0 Å². The maximum absolute atomic E-state index is 12.8. The van der Waals surface area contributed by atoms with E-state index in [1.165, 1.54) is 0 Å². The van der Waals surface area contributed by atoms with Crippen molar-refractivity contribution in [1.29, 1.82) is 0 Å². The molecular weight excluding hydrogens is 338 g/mol. The molecule has 1 saturated heterocycles. The number of benzene rings is 1. The normalized spacial score (nSPS) is 25.6. The lowest BCUT2D eigenvalue weighted by molar-refractivity contribution is -0.922. The number of hydrogen-bond donors (Lipinski definition) is 0. The third kappa shape index (κ3) is 2.61. The van der Waals surface area contributed by atoms with Crippen molar-refractivity contribution in [2.75, 3.05) is 41.1 Å². The molecular formula is C19H24NO6+. The number of esters is 1. The summed E-state index contributed by atoms with van der Waals surface area (Å²) in [5, 5.41) is 0. The molecule has 1 aromatic rings. The highest BCUT2D eigenvalue weighted by molar-refractivity contribution is 6.00. The van der Waals surface area contributed by atoms with Crippen molar-refractivity contribution in [2.24, 2.45) is 5.92 Å². The molecule has 0 unspecified atom stereocenters. The van der Waals surface area contributed by atoms with E-state index in [1.54, 1.807) is 7.11 Å². The van der Waals surface area contributed by atoms with Crippen LogP contribution in [0.2, 0.25) is 0 Å². The number of Topliss-reactive ketones (excluding diaryl/α,β-unsaturated/α-hetero) is 1. The van der Waals surface area contributed by atoms with Gasteiger partial charge in [-0.15, -0.1) is 0 Å². The van der Waals surface area contributed by atoms with Crippen LogP contribution < -0.4 is 14.2 Å². The molecule has 3 aliphatic heterocycles. The molecule has 7 nitrogen and oxygen atoms in total. The minimum absolute atomic E-state index is 0.0590. The number of ketones is 1. The maximum Gasteiger partial charge on any atom is 0.316 e. The van der Waals surface area contributed by atoms with Crippen molar-refractivity contribution in [3.05, 3.63) is 17.2 Å². The number of likely N-dealkylation sites (N-methyl/N-ethyl adjacent to an activating group) is 1. The second-order valence-corrected chi connectivity index (χ2v) is 7.66. The van der Waals surface area contributed by atoms with Gasteiger partial charge >= 0.3 is 5.97 Å². The van der Waals surface area contributed by atoms with Crippen LogP contribution in [0.25, 0.3) is 0 Å². The van der Waals surface area contributed by atoms with E-state index in [1.807, 2.05) is 6.07 Å². The number of ether oxygens (including phenoxy) is 4. The van der Waals surface area contributed by atoms with E-state index in [9.17, 15) is 9.59 Å². The predicted molar refractivity (Wildman–Crippen MR) is 91.2 cm³/mol. The molecule has 0 bridgehead atoms. The van der Waals surface area contributed by atoms with Crippen molar-refractivity contribution in [3.8, 4) is 17.2 Å². The van der Waals surface area contributed by atoms with Crippen LogP contribution >= 0.6 is 0 Å². The quantitative estimate of drug-likeness (QED) is 0.461. The third-order valence-corrected chi connectivity index (χ3v) is 5.80. The van der Waals surface area contributed by atoms with E-state index in [2.05, 4.69) is 14.1 Å². The molecule has 7 heteroatoms. The lowest BCUT2D eigenvalue weighted by Crippen LogP contribution is -2.49. The highest BCUT2D eigenvalue weighted by Gasteiger charge is 2.44. The topological polar surface area (TPSA) is 71.1 Å². The summed E-state index contributed by atoms with van der Waals surface area (Å²) in [6.45, 7) is 1.39. The summed E-state index contributed by atoms with van der Waals surface area (Å²) in [5.74, 6) is 0.849. The van der Waals surface area contributed by atoms with Gasteiger partial charge < -0.3 is 23.4 Å². The van der Waals surface area contributed by atoms with E-state index in [-0.39, 0.29) is 25.0 Å². The first-order chi connectivity index (χ1) is 12.4. The Labute approximate surface area is 152 Å². The Morgan fingerprint density at radius 2 is 2.12 bits per heavy atom. The van der Waals surface area contributed by atoms with Crippen LogP contribution in [0.5, 0.6) is 17.2 Å². The zero-order valence-corrected chi connectivity index (χ0v) is 15.4. The van der Waals surface area contributed by atoms with E-state index in [0.717, 1.165) is 24.1 Å². The van der Waals surface area contributed by atoms with Gasteiger partial charge in [-0.05, 0) is 11.6 Å². The van der Waals surface area contributed by atoms with Crippen molar-refractivity contribution >= 4 is 11.8 Å². The van der Waals surface area contributed by atoms with Gasteiger partial charge in [0, 0.05) is 12.8 Å². The lowest BCUT2D eigenvalue weighted by atomic mass is 9.84. The first-order valence-corrected chi connectivity index (χ1v) is 8.93. The number of hydrogen-bond acceptors (Lipinski definition) is 6. The molecule has 1 fully saturated rings. The van der Waals surface area contributed by atoms with Crippen molar-refractivity contribution in [3.63, 3.8) is 0 Å². The summed E-state index contributed by atoms with van der Waals surface area (Å²) in [7, 11) is 5.83. The number of fused-ring (bicyclic) bond motifs is 2. The van der Waals surface area contributed by atoms with Crippen LogP contribution in [0.15, 0.2) is 6.07 Å². The van der Waals surface area contributed by atoms with Crippen LogP contribution in [0.1, 0.15) is 30.0 Å². The van der Waals surface area contributed by atoms with Crippen LogP contribution in [-0.4, -0.2) is 57.4 Å². The van der Waals surface area contributed by atoms with E-state index >= 15 is 0 Å². The molecule has 4 rings (SSSR count). The van der Waals surface area contributed by atoms with Gasteiger partial charge in [-0.2, -0.15) is 0 Å². The molecule has 0 amide bonds. The lowest BCUT2D eigenvalue weighted by Gasteiger charge is -2.43. The van der Waals surface area contributed by atoms with Gasteiger partial charge in [0.1, 0.15) is 12.0 Å². The smallest absolute Gasteiger partial charge is 0.316 e. The molecule has 0 radical (unpaired) electrons. The molecule has 0 N–H and O–H groups in total. The van der Waals surface area contributed by atoms with E-state index in [4.69, 9.17) is 18.9 Å². The number of quaternary nitrogens is 1.